The number of ether oxygens (including phenoxy) is 1. The maximum Gasteiger partial charge on any atom is 0.165 e. The zero-order valence-corrected chi connectivity index (χ0v) is 21.2. The van der Waals surface area contributed by atoms with E-state index in [1.807, 2.05) is 23.7 Å². The Kier molecular flexibility index (Phi) is 6.48. The molecule has 0 aliphatic carbocycles. The predicted molar refractivity (Wildman–Crippen MR) is 142 cm³/mol. The highest BCUT2D eigenvalue weighted by molar-refractivity contribution is 5.78. The smallest absolute Gasteiger partial charge is 0.165 e. The normalized spacial score (nSPS) is 15.0. The largest absolute Gasteiger partial charge is 0.494 e. The molecule has 0 atom stereocenters. The van der Waals surface area contributed by atoms with Gasteiger partial charge < -0.3 is 9.64 Å². The van der Waals surface area contributed by atoms with Crippen LogP contribution in [0.3, 0.4) is 0 Å². The Morgan fingerprint density at radius 3 is 2.29 bits per heavy atom. The van der Waals surface area contributed by atoms with Crippen molar-refractivity contribution in [3.05, 3.63) is 78.1 Å². The lowest BCUT2D eigenvalue weighted by molar-refractivity contribution is 0.248. The summed E-state index contributed by atoms with van der Waals surface area (Å²) < 4.78 is 7.61. The van der Waals surface area contributed by atoms with Crippen molar-refractivity contribution < 1.29 is 4.74 Å². The van der Waals surface area contributed by atoms with Gasteiger partial charge in [-0.3, -0.25) is 4.90 Å². The number of nitrogens with zero attached hydrogens (tertiary/aromatic N) is 5. The third kappa shape index (κ3) is 5.03. The molecule has 1 fully saturated rings. The average molecular weight is 470 g/mol. The number of hydrogen-bond donors (Lipinski definition) is 0. The van der Waals surface area contributed by atoms with E-state index in [0.29, 0.717) is 6.61 Å². The molecule has 1 saturated heterocycles. The molecule has 1 aliphatic rings. The second-order valence-corrected chi connectivity index (χ2v) is 10.2. The molecule has 3 heterocycles. The van der Waals surface area contributed by atoms with Crippen molar-refractivity contribution in [1.29, 1.82) is 0 Å². The number of piperazine rings is 1. The lowest BCUT2D eigenvalue weighted by Crippen LogP contribution is -2.46. The molecular weight excluding hydrogens is 434 g/mol. The van der Waals surface area contributed by atoms with Gasteiger partial charge in [0.2, 0.25) is 0 Å². The number of anilines is 1. The Balaban J connectivity index is 1.38. The second kappa shape index (κ2) is 9.70. The minimum Gasteiger partial charge on any atom is -0.494 e. The summed E-state index contributed by atoms with van der Waals surface area (Å²) in [5.41, 5.74) is 5.51. The van der Waals surface area contributed by atoms with Crippen LogP contribution in [0.5, 0.6) is 5.75 Å². The van der Waals surface area contributed by atoms with Crippen molar-refractivity contribution in [1.82, 2.24) is 19.5 Å². The minimum absolute atomic E-state index is 0.0514. The summed E-state index contributed by atoms with van der Waals surface area (Å²) >= 11 is 0. The molecular formula is C29H35N5O. The van der Waals surface area contributed by atoms with Gasteiger partial charge in [-0.05, 0) is 30.2 Å². The lowest BCUT2D eigenvalue weighted by atomic mass is 9.91. The van der Waals surface area contributed by atoms with E-state index >= 15 is 0 Å². The number of rotatable bonds is 6. The van der Waals surface area contributed by atoms with Crippen LogP contribution in [0.2, 0.25) is 0 Å². The van der Waals surface area contributed by atoms with E-state index in [2.05, 4.69) is 85.2 Å². The van der Waals surface area contributed by atoms with Crippen LogP contribution in [0.25, 0.3) is 16.8 Å². The first-order valence-electron chi connectivity index (χ1n) is 12.6. The topological polar surface area (TPSA) is 45.9 Å². The number of hydrogen-bond acceptors (Lipinski definition) is 5. The number of aromatic nitrogens is 3. The quantitative estimate of drug-likeness (QED) is 0.378. The third-order valence-electron chi connectivity index (χ3n) is 6.64. The molecule has 2 aromatic heterocycles. The van der Waals surface area contributed by atoms with Gasteiger partial charge in [0, 0.05) is 49.8 Å². The molecule has 1 aliphatic heterocycles. The van der Waals surface area contributed by atoms with Crippen LogP contribution in [0.15, 0.2) is 66.9 Å². The van der Waals surface area contributed by atoms with E-state index < -0.39 is 0 Å². The summed E-state index contributed by atoms with van der Waals surface area (Å²) in [5.74, 6) is 2.06. The van der Waals surface area contributed by atoms with Crippen molar-refractivity contribution >= 4 is 11.5 Å². The van der Waals surface area contributed by atoms with Crippen LogP contribution in [-0.4, -0.2) is 52.3 Å². The first-order chi connectivity index (χ1) is 16.9. The van der Waals surface area contributed by atoms with Crippen LogP contribution in [0.4, 0.5) is 5.82 Å². The van der Waals surface area contributed by atoms with Crippen LogP contribution < -0.4 is 9.64 Å². The zero-order chi connectivity index (χ0) is 24.4. The molecule has 0 spiro atoms. The van der Waals surface area contributed by atoms with Crippen LogP contribution >= 0.6 is 0 Å². The third-order valence-corrected chi connectivity index (χ3v) is 6.64. The highest BCUT2D eigenvalue weighted by Crippen LogP contribution is 2.31. The first kappa shape index (κ1) is 23.4. The Hall–Kier alpha value is -3.38. The zero-order valence-electron chi connectivity index (χ0n) is 21.2. The standard InChI is InChI=1S/C29H35N5O/c1-5-35-24-13-11-22(12-14-24)21-32-15-17-33(18-16-32)27-19-26(29(2,3)4)31-28-25(20-30-34(27)28)23-9-7-6-8-10-23/h6-14,19-20H,5,15-18,21H2,1-4H3. The molecule has 4 aromatic rings. The van der Waals surface area contributed by atoms with Gasteiger partial charge in [-0.25, -0.2) is 4.98 Å². The van der Waals surface area contributed by atoms with Gasteiger partial charge in [-0.2, -0.15) is 9.61 Å². The maximum atomic E-state index is 5.58. The van der Waals surface area contributed by atoms with Gasteiger partial charge in [-0.15, -0.1) is 0 Å². The highest BCUT2D eigenvalue weighted by Gasteiger charge is 2.25. The lowest BCUT2D eigenvalue weighted by Gasteiger charge is -2.36. The molecule has 0 unspecified atom stereocenters. The minimum atomic E-state index is -0.0514. The maximum absolute atomic E-state index is 5.58. The number of benzene rings is 2. The van der Waals surface area contributed by atoms with Gasteiger partial charge in [0.25, 0.3) is 0 Å². The molecule has 0 radical (unpaired) electrons. The van der Waals surface area contributed by atoms with Crippen molar-refractivity contribution in [2.45, 2.75) is 39.7 Å². The van der Waals surface area contributed by atoms with E-state index in [1.54, 1.807) is 0 Å². The van der Waals surface area contributed by atoms with Gasteiger partial charge in [-0.1, -0.05) is 63.2 Å². The summed E-state index contributed by atoms with van der Waals surface area (Å²) in [6, 6.07) is 21.1. The summed E-state index contributed by atoms with van der Waals surface area (Å²) in [6.45, 7) is 14.3. The van der Waals surface area contributed by atoms with Crippen LogP contribution in [0, 0.1) is 0 Å². The van der Waals surface area contributed by atoms with Crippen LogP contribution in [-0.2, 0) is 12.0 Å². The molecule has 5 rings (SSSR count). The summed E-state index contributed by atoms with van der Waals surface area (Å²) in [5, 5.41) is 4.79. The molecule has 6 heteroatoms. The van der Waals surface area contributed by atoms with E-state index in [9.17, 15) is 0 Å². The van der Waals surface area contributed by atoms with Crippen molar-refractivity contribution in [2.24, 2.45) is 0 Å². The fourth-order valence-electron chi connectivity index (χ4n) is 4.63. The second-order valence-electron chi connectivity index (χ2n) is 10.2. The molecule has 0 amide bonds. The van der Waals surface area contributed by atoms with Gasteiger partial charge in [0.05, 0.1) is 18.5 Å². The molecule has 2 aromatic carbocycles. The Morgan fingerprint density at radius 1 is 0.914 bits per heavy atom. The van der Waals surface area contributed by atoms with Crippen LogP contribution in [0.1, 0.15) is 39.0 Å². The fourth-order valence-corrected chi connectivity index (χ4v) is 4.63. The van der Waals surface area contributed by atoms with E-state index in [1.165, 1.54) is 5.56 Å². The number of fused-ring (bicyclic) bond motifs is 1. The van der Waals surface area contributed by atoms with E-state index in [4.69, 9.17) is 14.8 Å². The van der Waals surface area contributed by atoms with Gasteiger partial charge in [0.1, 0.15) is 11.6 Å². The fraction of sp³-hybridized carbons (Fsp3) is 0.379. The Bertz CT molecular complexity index is 1270. The molecule has 35 heavy (non-hydrogen) atoms. The molecule has 0 bridgehead atoms. The van der Waals surface area contributed by atoms with Gasteiger partial charge >= 0.3 is 0 Å². The summed E-state index contributed by atoms with van der Waals surface area (Å²) in [6.07, 6.45) is 1.95. The SMILES string of the molecule is CCOc1ccc(CN2CCN(c3cc(C(C)(C)C)nc4c(-c5ccccc5)cnn34)CC2)cc1. The summed E-state index contributed by atoms with van der Waals surface area (Å²) in [7, 11) is 0. The molecule has 6 nitrogen and oxygen atoms in total. The molecule has 0 saturated carbocycles. The highest BCUT2D eigenvalue weighted by atomic mass is 16.5. The van der Waals surface area contributed by atoms with Gasteiger partial charge in [0.15, 0.2) is 5.65 Å². The molecule has 0 N–H and O–H groups in total. The predicted octanol–water partition coefficient (Wildman–Crippen LogP) is 5.41. The monoisotopic (exact) mass is 469 g/mol. The van der Waals surface area contributed by atoms with E-state index in [-0.39, 0.29) is 5.41 Å². The van der Waals surface area contributed by atoms with Crippen molar-refractivity contribution in [3.63, 3.8) is 0 Å². The average Bonchev–Trinajstić information content (AvgIpc) is 3.30. The molecule has 182 valence electrons. The Morgan fingerprint density at radius 2 is 1.63 bits per heavy atom. The van der Waals surface area contributed by atoms with Crippen molar-refractivity contribution in [3.8, 4) is 16.9 Å². The summed E-state index contributed by atoms with van der Waals surface area (Å²) in [4.78, 5) is 10.1. The first-order valence-corrected chi connectivity index (χ1v) is 12.6. The van der Waals surface area contributed by atoms with E-state index in [0.717, 1.165) is 66.8 Å². The Labute approximate surface area is 208 Å². The van der Waals surface area contributed by atoms with Crippen molar-refractivity contribution in [2.75, 3.05) is 37.7 Å².